The first-order valence-corrected chi connectivity index (χ1v) is 16.0. The molecule has 0 unspecified atom stereocenters. The summed E-state index contributed by atoms with van der Waals surface area (Å²) in [4.78, 5) is 29.3. The second kappa shape index (κ2) is 14.4. The number of carbonyl (C=O) groups excluding carboxylic acids is 2. The Balaban J connectivity index is 1.76. The van der Waals surface area contributed by atoms with Gasteiger partial charge >= 0.3 is 0 Å². The largest absolute Gasteiger partial charge is 0.486 e. The van der Waals surface area contributed by atoms with Crippen molar-refractivity contribution in [1.29, 1.82) is 0 Å². The van der Waals surface area contributed by atoms with Crippen LogP contribution in [0.2, 0.25) is 0 Å². The molecule has 230 valence electrons. The zero-order chi connectivity index (χ0) is 31.0. The third-order valence-electron chi connectivity index (χ3n) is 7.36. The van der Waals surface area contributed by atoms with Gasteiger partial charge in [-0.2, -0.15) is 0 Å². The van der Waals surface area contributed by atoms with Gasteiger partial charge in [0.25, 0.3) is 0 Å². The second-order valence-electron chi connectivity index (χ2n) is 10.4. The Kier molecular flexibility index (Phi) is 10.6. The Bertz CT molecular complexity index is 1520. The van der Waals surface area contributed by atoms with Crippen LogP contribution in [0.15, 0.2) is 72.8 Å². The van der Waals surface area contributed by atoms with E-state index in [0.29, 0.717) is 31.1 Å². The Morgan fingerprint density at radius 3 is 2.30 bits per heavy atom. The smallest absolute Gasteiger partial charge is 0.244 e. The number of ether oxygens (including phenoxy) is 2. The maximum absolute atomic E-state index is 14.9. The van der Waals surface area contributed by atoms with Crippen molar-refractivity contribution in [2.75, 3.05) is 29.8 Å². The van der Waals surface area contributed by atoms with E-state index < -0.39 is 40.2 Å². The van der Waals surface area contributed by atoms with Gasteiger partial charge in [0.15, 0.2) is 11.5 Å². The maximum Gasteiger partial charge on any atom is 0.244 e. The minimum atomic E-state index is -3.96. The predicted molar refractivity (Wildman–Crippen MR) is 163 cm³/mol. The number of carbonyl (C=O) groups is 2. The van der Waals surface area contributed by atoms with Gasteiger partial charge in [-0.1, -0.05) is 55.5 Å². The standard InChI is InChI=1S/C32H38FN3O6S/c1-4-23(3)34-32(38)28(19-24-11-7-6-8-12-24)35(21-25-13-9-10-14-27(25)33)31(37)22-36(43(39,40)5-2)26-15-16-29-30(20-26)42-18-17-41-29/h6-16,20,23,28H,4-5,17-19,21-22H2,1-3H3,(H,34,38)/t23-,28+/m0/s1. The lowest BCUT2D eigenvalue weighted by Crippen LogP contribution is -2.54. The van der Waals surface area contributed by atoms with Crippen molar-refractivity contribution < 1.29 is 31.9 Å². The molecule has 0 radical (unpaired) electrons. The van der Waals surface area contributed by atoms with Gasteiger partial charge in [0.1, 0.15) is 31.6 Å². The summed E-state index contributed by atoms with van der Waals surface area (Å²) in [6.07, 6.45) is 0.811. The predicted octanol–water partition coefficient (Wildman–Crippen LogP) is 4.31. The molecule has 2 atom stereocenters. The van der Waals surface area contributed by atoms with Gasteiger partial charge in [-0.05, 0) is 44.0 Å². The van der Waals surface area contributed by atoms with Crippen molar-refractivity contribution >= 4 is 27.5 Å². The van der Waals surface area contributed by atoms with Crippen molar-refractivity contribution in [2.24, 2.45) is 0 Å². The van der Waals surface area contributed by atoms with Crippen molar-refractivity contribution in [3.8, 4) is 11.5 Å². The van der Waals surface area contributed by atoms with E-state index in [-0.39, 0.29) is 36.0 Å². The van der Waals surface area contributed by atoms with Gasteiger partial charge < -0.3 is 19.7 Å². The van der Waals surface area contributed by atoms with Crippen molar-refractivity contribution in [3.63, 3.8) is 0 Å². The normalized spacial score (nSPS) is 14.0. The molecule has 4 rings (SSSR count). The summed E-state index contributed by atoms with van der Waals surface area (Å²) >= 11 is 0. The fourth-order valence-electron chi connectivity index (χ4n) is 4.71. The zero-order valence-electron chi connectivity index (χ0n) is 24.7. The van der Waals surface area contributed by atoms with Crippen molar-refractivity contribution in [3.05, 3.63) is 89.7 Å². The van der Waals surface area contributed by atoms with Gasteiger partial charge in [0.2, 0.25) is 21.8 Å². The molecule has 43 heavy (non-hydrogen) atoms. The number of fused-ring (bicyclic) bond motifs is 1. The molecule has 0 aromatic heterocycles. The number of rotatable bonds is 13. The molecule has 0 aliphatic carbocycles. The number of hydrogen-bond donors (Lipinski definition) is 1. The van der Waals surface area contributed by atoms with E-state index in [1.54, 1.807) is 30.3 Å². The molecule has 1 aliphatic rings. The molecule has 3 aromatic carbocycles. The minimum Gasteiger partial charge on any atom is -0.486 e. The van der Waals surface area contributed by atoms with Crippen LogP contribution in [0, 0.1) is 5.82 Å². The molecule has 1 N–H and O–H groups in total. The lowest BCUT2D eigenvalue weighted by Gasteiger charge is -2.34. The summed E-state index contributed by atoms with van der Waals surface area (Å²) in [5, 5.41) is 2.96. The SMILES string of the molecule is CC[C@H](C)NC(=O)[C@@H](Cc1ccccc1)N(Cc1ccccc1F)C(=O)CN(c1ccc2c(c1)OCCO2)S(=O)(=O)CC. The molecule has 0 saturated carbocycles. The van der Waals surface area contributed by atoms with Crippen LogP contribution in [0.1, 0.15) is 38.3 Å². The molecule has 1 aliphatic heterocycles. The highest BCUT2D eigenvalue weighted by atomic mass is 32.2. The number of anilines is 1. The highest BCUT2D eigenvalue weighted by Crippen LogP contribution is 2.35. The van der Waals surface area contributed by atoms with Gasteiger partial charge in [-0.15, -0.1) is 0 Å². The van der Waals surface area contributed by atoms with Gasteiger partial charge in [-0.3, -0.25) is 13.9 Å². The summed E-state index contributed by atoms with van der Waals surface area (Å²) < 4.78 is 53.9. The molecule has 11 heteroatoms. The molecular weight excluding hydrogens is 573 g/mol. The number of amides is 2. The average Bonchev–Trinajstić information content (AvgIpc) is 3.02. The first-order valence-electron chi connectivity index (χ1n) is 14.4. The van der Waals surface area contributed by atoms with Crippen molar-refractivity contribution in [1.82, 2.24) is 10.2 Å². The Morgan fingerprint density at radius 1 is 0.953 bits per heavy atom. The first-order chi connectivity index (χ1) is 20.6. The third kappa shape index (κ3) is 8.04. The highest BCUT2D eigenvalue weighted by molar-refractivity contribution is 7.92. The molecule has 0 bridgehead atoms. The minimum absolute atomic E-state index is 0.147. The molecule has 0 spiro atoms. The van der Waals surface area contributed by atoms with E-state index in [2.05, 4.69) is 5.32 Å². The Labute approximate surface area is 252 Å². The first kappa shape index (κ1) is 31.8. The van der Waals surface area contributed by atoms with Crippen molar-refractivity contribution in [2.45, 2.75) is 52.2 Å². The van der Waals surface area contributed by atoms with Crippen LogP contribution in [0.3, 0.4) is 0 Å². The number of hydrogen-bond acceptors (Lipinski definition) is 6. The monoisotopic (exact) mass is 611 g/mol. The fourth-order valence-corrected chi connectivity index (χ4v) is 5.77. The maximum atomic E-state index is 14.9. The number of sulfonamides is 1. The van der Waals surface area contributed by atoms with Crippen LogP contribution in [0.5, 0.6) is 11.5 Å². The van der Waals surface area contributed by atoms with E-state index in [1.807, 2.05) is 44.2 Å². The lowest BCUT2D eigenvalue weighted by atomic mass is 10.0. The molecule has 0 saturated heterocycles. The Morgan fingerprint density at radius 2 is 1.63 bits per heavy atom. The molecule has 3 aromatic rings. The summed E-state index contributed by atoms with van der Waals surface area (Å²) in [6.45, 7) is 5.11. The van der Waals surface area contributed by atoms with E-state index in [0.717, 1.165) is 9.87 Å². The van der Waals surface area contributed by atoms with Gasteiger partial charge in [-0.25, -0.2) is 12.8 Å². The number of halogens is 1. The zero-order valence-corrected chi connectivity index (χ0v) is 25.5. The average molecular weight is 612 g/mol. The molecular formula is C32H38FN3O6S. The van der Waals surface area contributed by atoms with E-state index >= 15 is 0 Å². The van der Waals surface area contributed by atoms with Crippen LogP contribution in [-0.2, 0) is 32.6 Å². The summed E-state index contributed by atoms with van der Waals surface area (Å²) in [6, 6.07) is 18.7. The van der Waals surface area contributed by atoms with E-state index in [1.165, 1.54) is 24.0 Å². The second-order valence-corrected chi connectivity index (χ2v) is 12.6. The highest BCUT2D eigenvalue weighted by Gasteiger charge is 2.34. The van der Waals surface area contributed by atoms with Crippen LogP contribution in [0.25, 0.3) is 0 Å². The quantitative estimate of drug-likeness (QED) is 0.309. The lowest BCUT2D eigenvalue weighted by molar-refractivity contribution is -0.140. The Hall–Kier alpha value is -4.12. The molecule has 1 heterocycles. The third-order valence-corrected chi connectivity index (χ3v) is 9.10. The fraction of sp³-hybridized carbons (Fsp3) is 0.375. The summed E-state index contributed by atoms with van der Waals surface area (Å²) in [7, 11) is -3.96. The number of benzene rings is 3. The number of nitrogens with zero attached hydrogens (tertiary/aromatic N) is 2. The van der Waals surface area contributed by atoms with Crippen LogP contribution in [0.4, 0.5) is 10.1 Å². The summed E-state index contributed by atoms with van der Waals surface area (Å²) in [5.74, 6) is -1.04. The van der Waals surface area contributed by atoms with E-state index in [9.17, 15) is 22.4 Å². The molecule has 9 nitrogen and oxygen atoms in total. The van der Waals surface area contributed by atoms with Gasteiger partial charge in [0, 0.05) is 30.6 Å². The summed E-state index contributed by atoms with van der Waals surface area (Å²) in [5.41, 5.74) is 1.21. The molecule has 2 amide bonds. The van der Waals surface area contributed by atoms with E-state index in [4.69, 9.17) is 9.47 Å². The van der Waals surface area contributed by atoms with Crippen LogP contribution < -0.4 is 19.1 Å². The van der Waals surface area contributed by atoms with Crippen LogP contribution >= 0.6 is 0 Å². The molecule has 0 fully saturated rings. The van der Waals surface area contributed by atoms with Gasteiger partial charge in [0.05, 0.1) is 11.4 Å². The number of nitrogens with one attached hydrogen (secondary N) is 1. The van der Waals surface area contributed by atoms with Crippen LogP contribution in [-0.4, -0.2) is 62.7 Å². The topological polar surface area (TPSA) is 105 Å².